The van der Waals surface area contributed by atoms with Crippen LogP contribution in [0.1, 0.15) is 86.7 Å². The summed E-state index contributed by atoms with van der Waals surface area (Å²) in [5.41, 5.74) is 6.06. The van der Waals surface area contributed by atoms with E-state index < -0.39 is 0 Å². The van der Waals surface area contributed by atoms with Gasteiger partial charge in [-0.2, -0.15) is 0 Å². The minimum Gasteiger partial charge on any atom is -0.491 e. The summed E-state index contributed by atoms with van der Waals surface area (Å²) in [6.07, 6.45) is 8.53. The quantitative estimate of drug-likeness (QED) is 0.380. The SMILES string of the molecule is Cc1cc([C@@H]2[C@H](c3ccccn3)NC(=S)N2c2ccc(OC(C)C)cc2)c(C)n1C1CCCCC1. The molecule has 2 aliphatic rings. The number of hydrogen-bond acceptors (Lipinski definition) is 3. The molecule has 2 aromatic heterocycles. The van der Waals surface area contributed by atoms with Crippen LogP contribution < -0.4 is 15.0 Å². The Kier molecular flexibility index (Phi) is 6.83. The molecule has 3 aromatic rings. The molecule has 1 aliphatic carbocycles. The van der Waals surface area contributed by atoms with Crippen LogP contribution >= 0.6 is 12.2 Å². The zero-order valence-corrected chi connectivity index (χ0v) is 22.0. The number of pyridine rings is 1. The summed E-state index contributed by atoms with van der Waals surface area (Å²) >= 11 is 5.94. The molecule has 2 fully saturated rings. The Morgan fingerprint density at radius 3 is 2.43 bits per heavy atom. The van der Waals surface area contributed by atoms with Crippen molar-refractivity contribution in [2.24, 2.45) is 0 Å². The molecule has 1 N–H and O–H groups in total. The topological polar surface area (TPSA) is 42.3 Å². The molecule has 0 amide bonds. The van der Waals surface area contributed by atoms with Crippen LogP contribution in [0.5, 0.6) is 5.75 Å². The first kappa shape index (κ1) is 23.9. The van der Waals surface area contributed by atoms with Crippen LogP contribution in [0.15, 0.2) is 54.7 Å². The molecule has 1 saturated carbocycles. The third-order valence-electron chi connectivity index (χ3n) is 7.37. The molecule has 1 aromatic carbocycles. The van der Waals surface area contributed by atoms with Gasteiger partial charge in [0, 0.05) is 29.3 Å². The van der Waals surface area contributed by atoms with Gasteiger partial charge in [-0.3, -0.25) is 4.98 Å². The summed E-state index contributed by atoms with van der Waals surface area (Å²) in [6.45, 7) is 8.63. The van der Waals surface area contributed by atoms with Crippen molar-refractivity contribution in [3.8, 4) is 5.75 Å². The van der Waals surface area contributed by atoms with E-state index in [-0.39, 0.29) is 18.2 Å². The van der Waals surface area contributed by atoms with E-state index in [9.17, 15) is 0 Å². The Morgan fingerprint density at radius 1 is 1.03 bits per heavy atom. The predicted molar refractivity (Wildman–Crippen MR) is 146 cm³/mol. The second-order valence-corrected chi connectivity index (χ2v) is 10.5. The monoisotopic (exact) mass is 488 g/mol. The van der Waals surface area contributed by atoms with Crippen molar-refractivity contribution in [1.82, 2.24) is 14.9 Å². The molecule has 0 bridgehead atoms. The Morgan fingerprint density at radius 2 is 1.77 bits per heavy atom. The number of aryl methyl sites for hydroxylation is 1. The van der Waals surface area contributed by atoms with Gasteiger partial charge in [0.1, 0.15) is 5.75 Å². The highest BCUT2D eigenvalue weighted by Crippen LogP contribution is 2.44. The molecule has 0 unspecified atom stereocenters. The number of anilines is 1. The van der Waals surface area contributed by atoms with Crippen LogP contribution in [0.2, 0.25) is 0 Å². The van der Waals surface area contributed by atoms with Crippen molar-refractivity contribution >= 4 is 23.0 Å². The number of ether oxygens (including phenoxy) is 1. The highest BCUT2D eigenvalue weighted by atomic mass is 32.1. The van der Waals surface area contributed by atoms with E-state index in [2.05, 4.69) is 59.0 Å². The molecule has 6 heteroatoms. The van der Waals surface area contributed by atoms with Gasteiger partial charge in [0.05, 0.1) is 23.9 Å². The van der Waals surface area contributed by atoms with Gasteiger partial charge in [-0.15, -0.1) is 0 Å². The Labute approximate surface area is 214 Å². The minimum atomic E-state index is -0.0319. The molecule has 1 saturated heterocycles. The van der Waals surface area contributed by atoms with Gasteiger partial charge in [0.15, 0.2) is 5.11 Å². The minimum absolute atomic E-state index is 0.0119. The van der Waals surface area contributed by atoms with Gasteiger partial charge in [-0.1, -0.05) is 25.3 Å². The van der Waals surface area contributed by atoms with Crippen molar-refractivity contribution in [2.75, 3.05) is 4.90 Å². The summed E-state index contributed by atoms with van der Waals surface area (Å²) in [7, 11) is 0. The fourth-order valence-corrected chi connectivity index (χ4v) is 6.26. The largest absolute Gasteiger partial charge is 0.491 e. The van der Waals surface area contributed by atoms with Crippen molar-refractivity contribution in [3.05, 3.63) is 77.4 Å². The first-order valence-electron chi connectivity index (χ1n) is 12.9. The van der Waals surface area contributed by atoms with E-state index in [4.69, 9.17) is 21.9 Å². The molecule has 35 heavy (non-hydrogen) atoms. The van der Waals surface area contributed by atoms with Crippen LogP contribution in [0.3, 0.4) is 0 Å². The molecule has 2 atom stereocenters. The number of rotatable bonds is 6. The van der Waals surface area contributed by atoms with Crippen LogP contribution in [0.4, 0.5) is 5.69 Å². The van der Waals surface area contributed by atoms with Gasteiger partial charge in [-0.05, 0) is 101 Å². The normalized spacial score (nSPS) is 20.9. The van der Waals surface area contributed by atoms with Gasteiger partial charge in [-0.25, -0.2) is 0 Å². The second kappa shape index (κ2) is 10.0. The molecule has 3 heterocycles. The first-order valence-corrected chi connectivity index (χ1v) is 13.3. The number of nitrogens with one attached hydrogen (secondary N) is 1. The maximum absolute atomic E-state index is 5.94. The smallest absolute Gasteiger partial charge is 0.174 e. The average Bonchev–Trinajstić information content (AvgIpc) is 3.35. The Balaban J connectivity index is 1.58. The first-order chi connectivity index (χ1) is 16.9. The average molecular weight is 489 g/mol. The number of thiocarbonyl (C=S) groups is 1. The van der Waals surface area contributed by atoms with E-state index in [1.54, 1.807) is 0 Å². The molecule has 0 spiro atoms. The van der Waals surface area contributed by atoms with Crippen molar-refractivity contribution in [2.45, 2.75) is 84.0 Å². The van der Waals surface area contributed by atoms with Crippen LogP contribution in [-0.4, -0.2) is 20.8 Å². The van der Waals surface area contributed by atoms with E-state index in [1.807, 2.05) is 38.2 Å². The van der Waals surface area contributed by atoms with Crippen molar-refractivity contribution < 1.29 is 4.74 Å². The standard InChI is InChI=1S/C29H36N4OS/c1-19(2)34-24-15-13-23(14-16-24)33-28(27(31-29(33)35)26-12-8-9-17-30-26)25-18-20(3)32(21(25)4)22-10-6-5-7-11-22/h8-9,12-19,22,27-28H,5-7,10-11H2,1-4H3,(H,31,35)/t27-,28+/m0/s1. The van der Waals surface area contributed by atoms with Gasteiger partial charge >= 0.3 is 0 Å². The lowest BCUT2D eigenvalue weighted by Crippen LogP contribution is -2.29. The fourth-order valence-electron chi connectivity index (χ4n) is 5.91. The number of aromatic nitrogens is 2. The maximum atomic E-state index is 5.94. The van der Waals surface area contributed by atoms with Gasteiger partial charge < -0.3 is 19.5 Å². The van der Waals surface area contributed by atoms with E-state index in [1.165, 1.54) is 49.1 Å². The summed E-state index contributed by atoms with van der Waals surface area (Å²) < 4.78 is 8.47. The summed E-state index contributed by atoms with van der Waals surface area (Å²) in [4.78, 5) is 6.98. The van der Waals surface area contributed by atoms with Crippen LogP contribution in [0, 0.1) is 13.8 Å². The molecule has 5 rings (SSSR count). The van der Waals surface area contributed by atoms with Crippen LogP contribution in [-0.2, 0) is 0 Å². The summed E-state index contributed by atoms with van der Waals surface area (Å²) in [6, 6.07) is 17.4. The third kappa shape index (κ3) is 4.68. The van der Waals surface area contributed by atoms with Gasteiger partial charge in [0.2, 0.25) is 0 Å². The second-order valence-electron chi connectivity index (χ2n) is 10.1. The van der Waals surface area contributed by atoms with Crippen LogP contribution in [0.25, 0.3) is 0 Å². The van der Waals surface area contributed by atoms with Gasteiger partial charge in [0.25, 0.3) is 0 Å². The fraction of sp³-hybridized carbons (Fsp3) is 0.448. The lowest BCUT2D eigenvalue weighted by molar-refractivity contribution is 0.242. The molecule has 0 radical (unpaired) electrons. The summed E-state index contributed by atoms with van der Waals surface area (Å²) in [5, 5.41) is 4.33. The highest BCUT2D eigenvalue weighted by Gasteiger charge is 2.42. The van der Waals surface area contributed by atoms with Crippen molar-refractivity contribution in [3.63, 3.8) is 0 Å². The zero-order chi connectivity index (χ0) is 24.5. The predicted octanol–water partition coefficient (Wildman–Crippen LogP) is 6.97. The summed E-state index contributed by atoms with van der Waals surface area (Å²) in [5.74, 6) is 0.870. The number of benzene rings is 1. The number of hydrogen-bond donors (Lipinski definition) is 1. The third-order valence-corrected chi connectivity index (χ3v) is 7.68. The molecule has 1 aliphatic heterocycles. The Bertz CT molecular complexity index is 1170. The van der Waals surface area contributed by atoms with E-state index >= 15 is 0 Å². The lowest BCUT2D eigenvalue weighted by atomic mass is 9.94. The molecular formula is C29H36N4OS. The zero-order valence-electron chi connectivity index (χ0n) is 21.2. The maximum Gasteiger partial charge on any atom is 0.174 e. The lowest BCUT2D eigenvalue weighted by Gasteiger charge is -2.30. The molecule has 184 valence electrons. The highest BCUT2D eigenvalue weighted by molar-refractivity contribution is 7.80. The Hall–Kier alpha value is -2.86. The number of nitrogens with zero attached hydrogens (tertiary/aromatic N) is 3. The molecule has 5 nitrogen and oxygen atoms in total. The molecular weight excluding hydrogens is 452 g/mol. The van der Waals surface area contributed by atoms with E-state index in [0.717, 1.165) is 22.2 Å². The van der Waals surface area contributed by atoms with E-state index in [0.29, 0.717) is 6.04 Å². The van der Waals surface area contributed by atoms with Crippen molar-refractivity contribution in [1.29, 1.82) is 0 Å².